The minimum Gasteiger partial charge on any atom is -0.481 e. The lowest BCUT2D eigenvalue weighted by atomic mass is 10.2. The molecule has 0 saturated heterocycles. The van der Waals surface area contributed by atoms with Crippen LogP contribution < -0.4 is 20.9 Å². The van der Waals surface area contributed by atoms with E-state index >= 15 is 0 Å². The first-order valence-electron chi connectivity index (χ1n) is 5.72. The lowest BCUT2D eigenvalue weighted by Crippen LogP contribution is -2.02. The van der Waals surface area contributed by atoms with E-state index < -0.39 is 0 Å². The van der Waals surface area contributed by atoms with Crippen LogP contribution in [0.25, 0.3) is 0 Å². The molecule has 0 spiro atoms. The van der Waals surface area contributed by atoms with E-state index in [2.05, 4.69) is 15.0 Å². The van der Waals surface area contributed by atoms with Crippen molar-refractivity contribution in [2.75, 3.05) is 18.6 Å². The molecule has 0 aliphatic carbocycles. The first kappa shape index (κ1) is 12.9. The van der Waals surface area contributed by atoms with Crippen molar-refractivity contribution in [1.29, 1.82) is 0 Å². The summed E-state index contributed by atoms with van der Waals surface area (Å²) in [4.78, 5) is 11.8. The number of aryl methyl sites for hydroxylation is 1. The molecule has 0 aliphatic rings. The van der Waals surface area contributed by atoms with Crippen molar-refractivity contribution in [3.63, 3.8) is 0 Å². The molecule has 0 fully saturated rings. The Balaban J connectivity index is 2.36. The molecule has 0 unspecified atom stereocenters. The molecule has 2 aromatic heterocycles. The van der Waals surface area contributed by atoms with Gasteiger partial charge in [0.15, 0.2) is 11.6 Å². The van der Waals surface area contributed by atoms with Crippen LogP contribution in [0.2, 0.25) is 0 Å². The first-order valence-corrected chi connectivity index (χ1v) is 5.72. The molecule has 0 saturated carbocycles. The van der Waals surface area contributed by atoms with Crippen molar-refractivity contribution in [3.05, 3.63) is 24.0 Å². The van der Waals surface area contributed by atoms with Crippen LogP contribution in [0.4, 0.5) is 11.8 Å². The quantitative estimate of drug-likeness (QED) is 0.855. The van der Waals surface area contributed by atoms with Gasteiger partial charge < -0.3 is 20.9 Å². The lowest BCUT2D eigenvalue weighted by molar-refractivity contribution is 0.391. The highest BCUT2D eigenvalue weighted by Gasteiger charge is 2.10. The smallest absolute Gasteiger partial charge is 0.222 e. The second-order valence-corrected chi connectivity index (χ2v) is 3.77. The molecule has 2 aromatic rings. The predicted octanol–water partition coefficient (Wildman–Crippen LogP) is 1.40. The maximum Gasteiger partial charge on any atom is 0.222 e. The molecule has 0 aromatic carbocycles. The normalized spacial score (nSPS) is 10.2. The Hall–Kier alpha value is -2.57. The monoisotopic (exact) mass is 261 g/mol. The molecule has 100 valence electrons. The van der Waals surface area contributed by atoms with Gasteiger partial charge in [0.05, 0.1) is 13.3 Å². The maximum atomic E-state index is 5.73. The van der Waals surface area contributed by atoms with Gasteiger partial charge >= 0.3 is 0 Å². The Morgan fingerprint density at radius 3 is 2.58 bits per heavy atom. The van der Waals surface area contributed by atoms with Crippen molar-refractivity contribution in [3.8, 4) is 17.4 Å². The van der Waals surface area contributed by atoms with E-state index in [4.69, 9.17) is 20.9 Å². The van der Waals surface area contributed by atoms with Crippen LogP contribution in [0, 0.1) is 0 Å². The molecule has 0 aliphatic heterocycles. The van der Waals surface area contributed by atoms with Crippen LogP contribution in [0.15, 0.2) is 18.5 Å². The second kappa shape index (κ2) is 5.38. The third kappa shape index (κ3) is 2.82. The number of hydrogen-bond acceptors (Lipinski definition) is 7. The summed E-state index contributed by atoms with van der Waals surface area (Å²) < 4.78 is 10.8. The lowest BCUT2D eigenvalue weighted by Gasteiger charge is -2.11. The highest BCUT2D eigenvalue weighted by Crippen LogP contribution is 2.30. The number of nitrogens with zero attached hydrogens (tertiary/aromatic N) is 3. The number of pyridine rings is 1. The Kier molecular flexibility index (Phi) is 3.65. The fourth-order valence-electron chi connectivity index (χ4n) is 1.51. The number of nitrogens with two attached hydrogens (primary N) is 2. The van der Waals surface area contributed by atoms with E-state index in [1.807, 2.05) is 6.92 Å². The molecule has 0 amide bonds. The summed E-state index contributed by atoms with van der Waals surface area (Å²) in [6.07, 6.45) is 3.90. The van der Waals surface area contributed by atoms with E-state index in [-0.39, 0.29) is 11.8 Å². The third-order valence-electron chi connectivity index (χ3n) is 2.53. The number of aromatic nitrogens is 3. The fraction of sp³-hybridized carbons (Fsp3) is 0.250. The van der Waals surface area contributed by atoms with Gasteiger partial charge in [-0.2, -0.15) is 4.98 Å². The number of methoxy groups -OCH3 is 1. The van der Waals surface area contributed by atoms with Crippen LogP contribution in [0.3, 0.4) is 0 Å². The van der Waals surface area contributed by atoms with Crippen molar-refractivity contribution in [2.45, 2.75) is 13.3 Å². The zero-order chi connectivity index (χ0) is 13.8. The standard InChI is InChI=1S/C12H15N5O2/c1-3-7-5-15-10(18-2)4-8(7)19-9-6-16-12(14)17-11(9)13/h4-6H,3H2,1-2H3,(H4,13,14,16,17). The minimum absolute atomic E-state index is 0.105. The molecular formula is C12H15N5O2. The number of hydrogen-bond donors (Lipinski definition) is 2. The molecule has 4 N–H and O–H groups in total. The van der Waals surface area contributed by atoms with E-state index in [1.165, 1.54) is 6.20 Å². The van der Waals surface area contributed by atoms with Crippen molar-refractivity contribution < 1.29 is 9.47 Å². The van der Waals surface area contributed by atoms with Crippen LogP contribution in [-0.2, 0) is 6.42 Å². The third-order valence-corrected chi connectivity index (χ3v) is 2.53. The summed E-state index contributed by atoms with van der Waals surface area (Å²) in [6, 6.07) is 1.69. The van der Waals surface area contributed by atoms with Gasteiger partial charge in [-0.3, -0.25) is 0 Å². The number of rotatable bonds is 4. The van der Waals surface area contributed by atoms with Gasteiger partial charge in [0, 0.05) is 17.8 Å². The molecular weight excluding hydrogens is 246 g/mol. The second-order valence-electron chi connectivity index (χ2n) is 3.77. The molecule has 2 heterocycles. The zero-order valence-corrected chi connectivity index (χ0v) is 10.8. The summed E-state index contributed by atoms with van der Waals surface area (Å²) in [5, 5.41) is 0. The molecule has 19 heavy (non-hydrogen) atoms. The Morgan fingerprint density at radius 2 is 1.95 bits per heavy atom. The topological polar surface area (TPSA) is 109 Å². The highest BCUT2D eigenvalue weighted by molar-refractivity contribution is 5.50. The van der Waals surface area contributed by atoms with Crippen LogP contribution in [0.5, 0.6) is 17.4 Å². The van der Waals surface area contributed by atoms with E-state index in [1.54, 1.807) is 19.4 Å². The molecule has 7 heteroatoms. The summed E-state index contributed by atoms with van der Waals surface area (Å²) in [6.45, 7) is 2.00. The Labute approximate surface area is 110 Å². The SMILES string of the molecule is CCc1cnc(OC)cc1Oc1cnc(N)nc1N. The predicted molar refractivity (Wildman–Crippen MR) is 71.1 cm³/mol. The minimum atomic E-state index is 0.105. The molecule has 7 nitrogen and oxygen atoms in total. The molecule has 2 rings (SSSR count). The van der Waals surface area contributed by atoms with E-state index in [0.29, 0.717) is 17.4 Å². The van der Waals surface area contributed by atoms with Gasteiger partial charge in [0.2, 0.25) is 11.8 Å². The van der Waals surface area contributed by atoms with Gasteiger partial charge in [-0.1, -0.05) is 6.92 Å². The van der Waals surface area contributed by atoms with E-state index in [0.717, 1.165) is 12.0 Å². The molecule has 0 bridgehead atoms. The Bertz CT molecular complexity index is 588. The van der Waals surface area contributed by atoms with Gasteiger partial charge in [-0.15, -0.1) is 0 Å². The average Bonchev–Trinajstić information content (AvgIpc) is 2.41. The zero-order valence-electron chi connectivity index (χ0n) is 10.8. The van der Waals surface area contributed by atoms with Crippen LogP contribution in [-0.4, -0.2) is 22.1 Å². The largest absolute Gasteiger partial charge is 0.481 e. The summed E-state index contributed by atoms with van der Waals surface area (Å²) >= 11 is 0. The molecule has 0 atom stereocenters. The summed E-state index contributed by atoms with van der Waals surface area (Å²) in [5.41, 5.74) is 12.1. The molecule has 0 radical (unpaired) electrons. The maximum absolute atomic E-state index is 5.73. The van der Waals surface area contributed by atoms with Gasteiger partial charge in [0.25, 0.3) is 0 Å². The van der Waals surface area contributed by atoms with Gasteiger partial charge in [-0.05, 0) is 6.42 Å². The number of nitrogen functional groups attached to an aromatic ring is 2. The highest BCUT2D eigenvalue weighted by atomic mass is 16.5. The van der Waals surface area contributed by atoms with Gasteiger partial charge in [-0.25, -0.2) is 9.97 Å². The Morgan fingerprint density at radius 1 is 1.16 bits per heavy atom. The van der Waals surface area contributed by atoms with Crippen molar-refractivity contribution >= 4 is 11.8 Å². The van der Waals surface area contributed by atoms with Crippen molar-refractivity contribution in [1.82, 2.24) is 15.0 Å². The van der Waals surface area contributed by atoms with E-state index in [9.17, 15) is 0 Å². The van der Waals surface area contributed by atoms with Crippen LogP contribution >= 0.6 is 0 Å². The van der Waals surface area contributed by atoms with Crippen molar-refractivity contribution in [2.24, 2.45) is 0 Å². The summed E-state index contributed by atoms with van der Waals surface area (Å²) in [5.74, 6) is 1.70. The average molecular weight is 261 g/mol. The first-order chi connectivity index (χ1) is 9.13. The number of anilines is 2. The van der Waals surface area contributed by atoms with Gasteiger partial charge in [0.1, 0.15) is 5.75 Å². The number of ether oxygens (including phenoxy) is 2. The fourth-order valence-corrected chi connectivity index (χ4v) is 1.51. The van der Waals surface area contributed by atoms with Crippen LogP contribution in [0.1, 0.15) is 12.5 Å². The summed E-state index contributed by atoms with van der Waals surface area (Å²) in [7, 11) is 1.54.